The van der Waals surface area contributed by atoms with Crippen molar-refractivity contribution in [2.75, 3.05) is 6.61 Å². The number of aryl methyl sites for hydroxylation is 1. The highest BCUT2D eigenvalue weighted by atomic mass is 16.6. The maximum absolute atomic E-state index is 10.9. The number of nitrogens with zero attached hydrogens (tertiary/aromatic N) is 1. The van der Waals surface area contributed by atoms with Gasteiger partial charge in [0.15, 0.2) is 0 Å². The maximum atomic E-state index is 10.9. The minimum atomic E-state index is -0.365. The Labute approximate surface area is 95.1 Å². The van der Waals surface area contributed by atoms with E-state index in [0.717, 1.165) is 5.56 Å². The highest BCUT2D eigenvalue weighted by Gasteiger charge is 2.24. The van der Waals surface area contributed by atoms with Crippen molar-refractivity contribution in [2.45, 2.75) is 27.2 Å². The Kier molecular flexibility index (Phi) is 3.65. The summed E-state index contributed by atoms with van der Waals surface area (Å²) in [7, 11) is 0. The SMILES string of the molecule is Cc1cccc([N+](=O)[O-])c1CC(C)(C)CO. The van der Waals surface area contributed by atoms with Crippen molar-refractivity contribution in [3.63, 3.8) is 0 Å². The number of rotatable bonds is 4. The molecule has 0 aliphatic rings. The van der Waals surface area contributed by atoms with Gasteiger partial charge in [0.2, 0.25) is 0 Å². The Bertz CT molecular complexity index is 399. The molecule has 0 saturated heterocycles. The summed E-state index contributed by atoms with van der Waals surface area (Å²) in [6.07, 6.45) is 0.506. The molecule has 0 amide bonds. The molecule has 1 rings (SSSR count). The lowest BCUT2D eigenvalue weighted by atomic mass is 9.84. The average Bonchev–Trinajstić information content (AvgIpc) is 2.20. The molecule has 0 fully saturated rings. The van der Waals surface area contributed by atoms with E-state index >= 15 is 0 Å². The van der Waals surface area contributed by atoms with Crippen molar-refractivity contribution in [3.8, 4) is 0 Å². The van der Waals surface area contributed by atoms with Crippen molar-refractivity contribution < 1.29 is 10.0 Å². The molecule has 1 N–H and O–H groups in total. The second-order valence-corrected chi connectivity index (χ2v) is 4.83. The number of hydrogen-bond acceptors (Lipinski definition) is 3. The van der Waals surface area contributed by atoms with Gasteiger partial charge in [0.25, 0.3) is 5.69 Å². The van der Waals surface area contributed by atoms with Crippen LogP contribution in [0, 0.1) is 22.5 Å². The van der Waals surface area contributed by atoms with E-state index in [0.29, 0.717) is 12.0 Å². The van der Waals surface area contributed by atoms with Crippen molar-refractivity contribution in [1.82, 2.24) is 0 Å². The number of aliphatic hydroxyl groups excluding tert-OH is 1. The molecule has 4 nitrogen and oxygen atoms in total. The van der Waals surface area contributed by atoms with Crippen LogP contribution in [-0.2, 0) is 6.42 Å². The summed E-state index contributed by atoms with van der Waals surface area (Å²) in [6.45, 7) is 5.65. The van der Waals surface area contributed by atoms with Gasteiger partial charge in [0.1, 0.15) is 0 Å². The molecular formula is C12H17NO3. The molecule has 0 saturated carbocycles. The standard InChI is InChI=1S/C12H17NO3/c1-9-5-4-6-11(13(15)16)10(9)7-12(2,3)8-14/h4-6,14H,7-8H2,1-3H3. The highest BCUT2D eigenvalue weighted by Crippen LogP contribution is 2.29. The normalized spacial score (nSPS) is 11.5. The van der Waals surface area contributed by atoms with Crippen LogP contribution in [0.5, 0.6) is 0 Å². The number of nitro groups is 1. The molecule has 88 valence electrons. The fraction of sp³-hybridized carbons (Fsp3) is 0.500. The first-order valence-corrected chi connectivity index (χ1v) is 5.21. The Balaban J connectivity index is 3.16. The molecule has 0 aliphatic heterocycles. The van der Waals surface area contributed by atoms with Crippen molar-refractivity contribution in [1.29, 1.82) is 0 Å². The van der Waals surface area contributed by atoms with Gasteiger partial charge in [0.05, 0.1) is 4.92 Å². The molecule has 0 aliphatic carbocycles. The second kappa shape index (κ2) is 4.61. The van der Waals surface area contributed by atoms with E-state index in [4.69, 9.17) is 0 Å². The third-order valence-electron chi connectivity index (χ3n) is 2.67. The average molecular weight is 223 g/mol. The van der Waals surface area contributed by atoms with Crippen molar-refractivity contribution >= 4 is 5.69 Å². The van der Waals surface area contributed by atoms with Crippen LogP contribution >= 0.6 is 0 Å². The van der Waals surface area contributed by atoms with Gasteiger partial charge in [-0.1, -0.05) is 26.0 Å². The molecular weight excluding hydrogens is 206 g/mol. The van der Waals surface area contributed by atoms with Crippen molar-refractivity contribution in [2.24, 2.45) is 5.41 Å². The highest BCUT2D eigenvalue weighted by molar-refractivity contribution is 5.45. The fourth-order valence-corrected chi connectivity index (χ4v) is 1.62. The minimum Gasteiger partial charge on any atom is -0.396 e. The third-order valence-corrected chi connectivity index (χ3v) is 2.67. The molecule has 1 aromatic carbocycles. The first-order valence-electron chi connectivity index (χ1n) is 5.21. The van der Waals surface area contributed by atoms with Gasteiger partial charge in [-0.15, -0.1) is 0 Å². The monoisotopic (exact) mass is 223 g/mol. The Morgan fingerprint density at radius 2 is 2.06 bits per heavy atom. The van der Waals surface area contributed by atoms with E-state index in [1.165, 1.54) is 6.07 Å². The van der Waals surface area contributed by atoms with Gasteiger partial charge in [-0.05, 0) is 24.3 Å². The van der Waals surface area contributed by atoms with Crippen LogP contribution in [-0.4, -0.2) is 16.6 Å². The predicted octanol–water partition coefficient (Wildman–Crippen LogP) is 2.46. The zero-order valence-electron chi connectivity index (χ0n) is 9.86. The quantitative estimate of drug-likeness (QED) is 0.630. The van der Waals surface area contributed by atoms with Crippen LogP contribution < -0.4 is 0 Å². The molecule has 16 heavy (non-hydrogen) atoms. The van der Waals surface area contributed by atoms with E-state index in [9.17, 15) is 15.2 Å². The molecule has 4 heteroatoms. The summed E-state index contributed by atoms with van der Waals surface area (Å²) in [5, 5.41) is 20.1. The van der Waals surface area contributed by atoms with Crippen LogP contribution in [0.3, 0.4) is 0 Å². The summed E-state index contributed by atoms with van der Waals surface area (Å²) in [5.74, 6) is 0. The Morgan fingerprint density at radius 3 is 2.56 bits per heavy atom. The molecule has 0 heterocycles. The first kappa shape index (κ1) is 12.6. The van der Waals surface area contributed by atoms with Gasteiger partial charge in [0, 0.05) is 18.2 Å². The largest absolute Gasteiger partial charge is 0.396 e. The lowest BCUT2D eigenvalue weighted by Gasteiger charge is -2.22. The number of nitro benzene ring substituents is 1. The number of benzene rings is 1. The van der Waals surface area contributed by atoms with E-state index < -0.39 is 0 Å². The smallest absolute Gasteiger partial charge is 0.272 e. The topological polar surface area (TPSA) is 63.4 Å². The number of hydrogen-bond donors (Lipinski definition) is 1. The van der Waals surface area contributed by atoms with Gasteiger partial charge < -0.3 is 5.11 Å². The van der Waals surface area contributed by atoms with Gasteiger partial charge >= 0.3 is 0 Å². The first-order chi connectivity index (χ1) is 7.37. The molecule has 0 spiro atoms. The summed E-state index contributed by atoms with van der Waals surface area (Å²) < 4.78 is 0. The van der Waals surface area contributed by atoms with Crippen LogP contribution in [0.15, 0.2) is 18.2 Å². The Morgan fingerprint density at radius 1 is 1.44 bits per heavy atom. The van der Waals surface area contributed by atoms with E-state index in [1.807, 2.05) is 26.8 Å². The van der Waals surface area contributed by atoms with Crippen LogP contribution in [0.25, 0.3) is 0 Å². The van der Waals surface area contributed by atoms with Gasteiger partial charge in [-0.25, -0.2) is 0 Å². The molecule has 1 aromatic rings. The minimum absolute atomic E-state index is 0.0124. The summed E-state index contributed by atoms with van der Waals surface area (Å²) in [6, 6.07) is 5.05. The van der Waals surface area contributed by atoms with Crippen molar-refractivity contribution in [3.05, 3.63) is 39.4 Å². The van der Waals surface area contributed by atoms with E-state index in [2.05, 4.69) is 0 Å². The van der Waals surface area contributed by atoms with Crippen LogP contribution in [0.1, 0.15) is 25.0 Å². The number of aliphatic hydroxyl groups is 1. The lowest BCUT2D eigenvalue weighted by Crippen LogP contribution is -2.21. The zero-order chi connectivity index (χ0) is 12.3. The molecule has 0 aromatic heterocycles. The van der Waals surface area contributed by atoms with E-state index in [1.54, 1.807) is 6.07 Å². The third kappa shape index (κ3) is 2.79. The lowest BCUT2D eigenvalue weighted by molar-refractivity contribution is -0.385. The molecule has 0 radical (unpaired) electrons. The van der Waals surface area contributed by atoms with Crippen LogP contribution in [0.2, 0.25) is 0 Å². The Hall–Kier alpha value is -1.42. The molecule has 0 atom stereocenters. The maximum Gasteiger partial charge on any atom is 0.272 e. The zero-order valence-corrected chi connectivity index (χ0v) is 9.86. The van der Waals surface area contributed by atoms with E-state index in [-0.39, 0.29) is 22.6 Å². The van der Waals surface area contributed by atoms with Crippen LogP contribution in [0.4, 0.5) is 5.69 Å². The molecule has 0 bridgehead atoms. The summed E-state index contributed by atoms with van der Waals surface area (Å²) in [4.78, 5) is 10.5. The molecule has 0 unspecified atom stereocenters. The van der Waals surface area contributed by atoms with Gasteiger partial charge in [-0.3, -0.25) is 10.1 Å². The summed E-state index contributed by atoms with van der Waals surface area (Å²) >= 11 is 0. The summed E-state index contributed by atoms with van der Waals surface area (Å²) in [5.41, 5.74) is 1.42. The predicted molar refractivity (Wildman–Crippen MR) is 62.4 cm³/mol. The van der Waals surface area contributed by atoms with Gasteiger partial charge in [-0.2, -0.15) is 0 Å². The second-order valence-electron chi connectivity index (χ2n) is 4.83. The fourth-order valence-electron chi connectivity index (χ4n) is 1.62.